The van der Waals surface area contributed by atoms with Crippen molar-refractivity contribution in [3.8, 4) is 22.4 Å². The van der Waals surface area contributed by atoms with Gasteiger partial charge in [-0.05, 0) is 60.6 Å². The fraction of sp³-hybridized carbons (Fsp3) is 0.222. The Labute approximate surface area is 178 Å². The summed E-state index contributed by atoms with van der Waals surface area (Å²) in [6, 6.07) is 27.9. The van der Waals surface area contributed by atoms with E-state index in [4.69, 9.17) is 0 Å². The molecule has 0 bridgehead atoms. The van der Waals surface area contributed by atoms with Crippen molar-refractivity contribution in [1.82, 2.24) is 4.98 Å². The lowest BCUT2D eigenvalue weighted by Crippen LogP contribution is -1.87. The smallest absolute Gasteiger partial charge is 0.0716 e. The van der Waals surface area contributed by atoms with Crippen molar-refractivity contribution in [2.75, 3.05) is 0 Å². The van der Waals surface area contributed by atoms with Gasteiger partial charge in [-0.3, -0.25) is 4.98 Å². The zero-order valence-corrected chi connectivity index (χ0v) is 17.6. The van der Waals surface area contributed by atoms with Crippen LogP contribution in [-0.4, -0.2) is 4.98 Å². The molecule has 0 atom stereocenters. The van der Waals surface area contributed by atoms with Crippen LogP contribution in [0.25, 0.3) is 22.4 Å². The van der Waals surface area contributed by atoms with E-state index in [0.29, 0.717) is 0 Å². The Morgan fingerprint density at radius 1 is 0.621 bits per heavy atom. The standard InChI is InChI=1S/C27H27NS/c1(5-11-22-12-6-3-7-13-22)2-10-16-26-19-25(21-29-26)27-20-24(17-18-28-27)23-14-8-4-9-15-23/h3-4,6-9,12-15,17-21H,1-2,5,10-11,16H2. The molecule has 2 heteroatoms. The fourth-order valence-corrected chi connectivity index (χ4v) is 4.60. The summed E-state index contributed by atoms with van der Waals surface area (Å²) in [5, 5.41) is 2.25. The second-order valence-corrected chi connectivity index (χ2v) is 8.49. The first-order valence-electron chi connectivity index (χ1n) is 10.5. The van der Waals surface area contributed by atoms with Gasteiger partial charge in [-0.2, -0.15) is 0 Å². The minimum absolute atomic E-state index is 1.07. The van der Waals surface area contributed by atoms with E-state index < -0.39 is 0 Å². The molecular weight excluding hydrogens is 370 g/mol. The number of hydrogen-bond donors (Lipinski definition) is 0. The third-order valence-electron chi connectivity index (χ3n) is 5.30. The number of aromatic nitrogens is 1. The number of pyridine rings is 1. The van der Waals surface area contributed by atoms with Crippen molar-refractivity contribution >= 4 is 11.3 Å². The molecule has 0 amide bonds. The second-order valence-electron chi connectivity index (χ2n) is 7.50. The lowest BCUT2D eigenvalue weighted by molar-refractivity contribution is 0.643. The van der Waals surface area contributed by atoms with Gasteiger partial charge in [-0.25, -0.2) is 0 Å². The third-order valence-corrected chi connectivity index (χ3v) is 6.29. The van der Waals surface area contributed by atoms with Crippen LogP contribution in [0.3, 0.4) is 0 Å². The maximum absolute atomic E-state index is 4.60. The van der Waals surface area contributed by atoms with Gasteiger partial charge in [0.15, 0.2) is 0 Å². The molecule has 4 aromatic rings. The highest BCUT2D eigenvalue weighted by Crippen LogP contribution is 2.28. The Bertz CT molecular complexity index is 1000. The molecule has 0 aliphatic rings. The van der Waals surface area contributed by atoms with Crippen LogP contribution in [0.5, 0.6) is 0 Å². The van der Waals surface area contributed by atoms with Gasteiger partial charge >= 0.3 is 0 Å². The minimum atomic E-state index is 1.07. The number of nitrogens with zero attached hydrogens (tertiary/aromatic N) is 1. The van der Waals surface area contributed by atoms with Crippen LogP contribution in [0, 0.1) is 0 Å². The summed E-state index contributed by atoms with van der Waals surface area (Å²) >= 11 is 1.87. The quantitative estimate of drug-likeness (QED) is 0.262. The minimum Gasteiger partial charge on any atom is -0.256 e. The van der Waals surface area contributed by atoms with Gasteiger partial charge in [-0.15, -0.1) is 11.3 Å². The van der Waals surface area contributed by atoms with Gasteiger partial charge in [0.1, 0.15) is 0 Å². The first-order valence-corrected chi connectivity index (χ1v) is 11.4. The molecule has 1 nitrogen and oxygen atoms in total. The van der Waals surface area contributed by atoms with Gasteiger partial charge in [-0.1, -0.05) is 73.5 Å². The number of unbranched alkanes of at least 4 members (excludes halogenated alkanes) is 3. The topological polar surface area (TPSA) is 12.9 Å². The molecule has 0 fully saturated rings. The van der Waals surface area contributed by atoms with E-state index >= 15 is 0 Å². The predicted molar refractivity (Wildman–Crippen MR) is 125 cm³/mol. The van der Waals surface area contributed by atoms with Crippen LogP contribution in [0.4, 0.5) is 0 Å². The van der Waals surface area contributed by atoms with Crippen LogP contribution >= 0.6 is 11.3 Å². The molecule has 4 rings (SSSR count). The monoisotopic (exact) mass is 397 g/mol. The van der Waals surface area contributed by atoms with Crippen molar-refractivity contribution in [3.05, 3.63) is 101 Å². The largest absolute Gasteiger partial charge is 0.256 e. The molecule has 0 radical (unpaired) electrons. The first-order chi connectivity index (χ1) is 14.4. The fourth-order valence-electron chi connectivity index (χ4n) is 3.67. The molecule has 29 heavy (non-hydrogen) atoms. The summed E-state index contributed by atoms with van der Waals surface area (Å²) in [5.41, 5.74) is 6.23. The van der Waals surface area contributed by atoms with Gasteiger partial charge in [0.25, 0.3) is 0 Å². The molecular formula is C27H27NS. The number of benzene rings is 2. The Kier molecular flexibility index (Phi) is 6.88. The van der Waals surface area contributed by atoms with E-state index in [1.165, 1.54) is 65.7 Å². The summed E-state index contributed by atoms with van der Waals surface area (Å²) in [4.78, 5) is 6.07. The van der Waals surface area contributed by atoms with Crippen LogP contribution in [0.2, 0.25) is 0 Å². The molecule has 0 N–H and O–H groups in total. The highest BCUT2D eigenvalue weighted by atomic mass is 32.1. The SMILES string of the molecule is c1ccc(CCCCCCc2cc(-c3cc(-c4ccccc4)ccn3)cs2)cc1. The highest BCUT2D eigenvalue weighted by Gasteiger charge is 2.06. The van der Waals surface area contributed by atoms with Crippen molar-refractivity contribution in [2.45, 2.75) is 38.5 Å². The number of aryl methyl sites for hydroxylation is 2. The molecule has 0 aliphatic heterocycles. The summed E-state index contributed by atoms with van der Waals surface area (Å²) < 4.78 is 0. The van der Waals surface area contributed by atoms with Gasteiger partial charge in [0.2, 0.25) is 0 Å². The number of hydrogen-bond acceptors (Lipinski definition) is 2. The van der Waals surface area contributed by atoms with Gasteiger partial charge < -0.3 is 0 Å². The van der Waals surface area contributed by atoms with Crippen LogP contribution < -0.4 is 0 Å². The Hall–Kier alpha value is -2.71. The van der Waals surface area contributed by atoms with E-state index in [0.717, 1.165) is 5.69 Å². The molecule has 0 aliphatic carbocycles. The average molecular weight is 398 g/mol. The zero-order valence-electron chi connectivity index (χ0n) is 16.8. The van der Waals surface area contributed by atoms with Crippen molar-refractivity contribution in [3.63, 3.8) is 0 Å². The lowest BCUT2D eigenvalue weighted by Gasteiger charge is -2.03. The predicted octanol–water partition coefficient (Wildman–Crippen LogP) is 7.82. The van der Waals surface area contributed by atoms with E-state index in [1.54, 1.807) is 0 Å². The van der Waals surface area contributed by atoms with Crippen LogP contribution in [0.15, 0.2) is 90.4 Å². The Balaban J connectivity index is 1.27. The van der Waals surface area contributed by atoms with Gasteiger partial charge in [0, 0.05) is 22.0 Å². The number of rotatable bonds is 9. The maximum Gasteiger partial charge on any atom is 0.0716 e. The van der Waals surface area contributed by atoms with Crippen molar-refractivity contribution in [1.29, 1.82) is 0 Å². The Morgan fingerprint density at radius 2 is 1.34 bits per heavy atom. The number of thiophene rings is 1. The molecule has 2 aromatic carbocycles. The van der Waals surface area contributed by atoms with E-state index in [9.17, 15) is 0 Å². The van der Waals surface area contributed by atoms with Crippen molar-refractivity contribution in [2.24, 2.45) is 0 Å². The Morgan fingerprint density at radius 3 is 2.14 bits per heavy atom. The lowest BCUT2D eigenvalue weighted by atomic mass is 10.0. The summed E-state index contributed by atoms with van der Waals surface area (Å²) in [6.45, 7) is 0. The molecule has 2 heterocycles. The zero-order chi connectivity index (χ0) is 19.7. The molecule has 0 saturated heterocycles. The van der Waals surface area contributed by atoms with E-state index in [1.807, 2.05) is 17.5 Å². The molecule has 0 unspecified atom stereocenters. The molecule has 146 valence electrons. The van der Waals surface area contributed by atoms with E-state index in [-0.39, 0.29) is 0 Å². The molecule has 2 aromatic heterocycles. The highest BCUT2D eigenvalue weighted by molar-refractivity contribution is 7.10. The van der Waals surface area contributed by atoms with Crippen LogP contribution in [-0.2, 0) is 12.8 Å². The van der Waals surface area contributed by atoms with Crippen molar-refractivity contribution < 1.29 is 0 Å². The third kappa shape index (κ3) is 5.65. The maximum atomic E-state index is 4.60. The normalized spacial score (nSPS) is 10.9. The molecule has 0 spiro atoms. The summed E-state index contributed by atoms with van der Waals surface area (Å²) in [5.74, 6) is 0. The summed E-state index contributed by atoms with van der Waals surface area (Å²) in [6.07, 6.45) is 9.47. The molecule has 0 saturated carbocycles. The van der Waals surface area contributed by atoms with Gasteiger partial charge in [0.05, 0.1) is 5.69 Å². The average Bonchev–Trinajstić information content (AvgIpc) is 3.27. The van der Waals surface area contributed by atoms with E-state index in [2.05, 4.69) is 89.2 Å². The van der Waals surface area contributed by atoms with Crippen LogP contribution in [0.1, 0.15) is 36.1 Å². The second kappa shape index (κ2) is 10.2. The first kappa shape index (κ1) is 19.6. The summed E-state index contributed by atoms with van der Waals surface area (Å²) in [7, 11) is 0.